The van der Waals surface area contributed by atoms with Gasteiger partial charge in [-0.1, -0.05) is 13.3 Å². The lowest BCUT2D eigenvalue weighted by molar-refractivity contribution is -0.769. The summed E-state index contributed by atoms with van der Waals surface area (Å²) in [5.74, 6) is 0.0882. The molecule has 0 aromatic carbocycles. The molecular weight excluding hydrogens is 278 g/mol. The van der Waals surface area contributed by atoms with Crippen LogP contribution >= 0.6 is 0 Å². The number of hydrogen-bond acceptors (Lipinski definition) is 7. The summed E-state index contributed by atoms with van der Waals surface area (Å²) in [4.78, 5) is 14.8. The molecule has 0 saturated carbocycles. The molecule has 2 aliphatic rings. The minimum atomic E-state index is -3.30. The van der Waals surface area contributed by atoms with Crippen molar-refractivity contribution in [2.45, 2.75) is 43.3 Å². The van der Waals surface area contributed by atoms with Gasteiger partial charge in [-0.15, -0.1) is 10.1 Å². The standard InChI is InChI=1S/C10H17NO7S/c1-2-3-4-19(14,15)8-6-17-9-7(18-11(12)13)5-16-10(8)9/h7-10H,2-6H2,1H3/t7-,8+,9-,10-/m1/s1. The molecule has 0 spiro atoms. The maximum Gasteiger partial charge on any atom is 0.294 e. The van der Waals surface area contributed by atoms with Crippen molar-refractivity contribution < 1.29 is 27.8 Å². The van der Waals surface area contributed by atoms with E-state index in [1.807, 2.05) is 6.92 Å². The highest BCUT2D eigenvalue weighted by atomic mass is 32.2. The van der Waals surface area contributed by atoms with Crippen molar-refractivity contribution in [3.05, 3.63) is 10.1 Å². The van der Waals surface area contributed by atoms with E-state index in [-0.39, 0.29) is 19.0 Å². The minimum absolute atomic E-state index is 0.0129. The summed E-state index contributed by atoms with van der Waals surface area (Å²) < 4.78 is 34.9. The molecule has 2 fully saturated rings. The number of rotatable bonds is 6. The molecule has 9 heteroatoms. The van der Waals surface area contributed by atoms with Gasteiger partial charge < -0.3 is 14.3 Å². The number of nitrogens with zero attached hydrogens (tertiary/aromatic N) is 1. The highest BCUT2D eigenvalue weighted by Crippen LogP contribution is 2.32. The topological polar surface area (TPSA) is 105 Å². The second-order valence-corrected chi connectivity index (χ2v) is 7.06. The van der Waals surface area contributed by atoms with E-state index in [1.54, 1.807) is 0 Å². The van der Waals surface area contributed by atoms with E-state index in [2.05, 4.69) is 4.84 Å². The molecule has 0 aliphatic carbocycles. The molecule has 0 radical (unpaired) electrons. The first-order chi connectivity index (χ1) is 8.95. The number of sulfone groups is 1. The fraction of sp³-hybridized carbons (Fsp3) is 1.00. The Morgan fingerprint density at radius 3 is 2.63 bits per heavy atom. The van der Waals surface area contributed by atoms with Gasteiger partial charge in [-0.25, -0.2) is 8.42 Å². The van der Waals surface area contributed by atoms with Crippen LogP contribution < -0.4 is 0 Å². The normalized spacial score (nSPS) is 34.2. The monoisotopic (exact) mass is 295 g/mol. The zero-order valence-corrected chi connectivity index (χ0v) is 11.4. The molecule has 0 amide bonds. The van der Waals surface area contributed by atoms with Crippen molar-refractivity contribution in [2.75, 3.05) is 19.0 Å². The summed E-state index contributed by atoms with van der Waals surface area (Å²) in [6, 6.07) is 0. The predicted molar refractivity (Wildman–Crippen MR) is 63.8 cm³/mol. The SMILES string of the molecule is CCCCS(=O)(=O)[C@H]1CO[C@H]2[C@@H]1OC[C@H]2O[N+](=O)[O-]. The second kappa shape index (κ2) is 5.59. The number of hydrogen-bond donors (Lipinski definition) is 0. The average molecular weight is 295 g/mol. The van der Waals surface area contributed by atoms with Gasteiger partial charge in [0.1, 0.15) is 17.5 Å². The van der Waals surface area contributed by atoms with Gasteiger partial charge in [-0.3, -0.25) is 0 Å². The van der Waals surface area contributed by atoms with Crippen LogP contribution in [0.4, 0.5) is 0 Å². The Hall–Kier alpha value is -0.930. The predicted octanol–water partition coefficient (Wildman–Crippen LogP) is -0.0556. The van der Waals surface area contributed by atoms with Crippen LogP contribution in [0.5, 0.6) is 0 Å². The van der Waals surface area contributed by atoms with Crippen LogP contribution in [-0.4, -0.2) is 56.0 Å². The largest absolute Gasteiger partial charge is 0.372 e. The average Bonchev–Trinajstić information content (AvgIpc) is 2.89. The fourth-order valence-electron chi connectivity index (χ4n) is 2.43. The lowest BCUT2D eigenvalue weighted by Gasteiger charge is -2.16. The Bertz CT molecular complexity index is 437. The second-order valence-electron chi connectivity index (χ2n) is 4.72. The van der Waals surface area contributed by atoms with E-state index >= 15 is 0 Å². The summed E-state index contributed by atoms with van der Waals surface area (Å²) in [6.07, 6.45) is -0.801. The quantitative estimate of drug-likeness (QED) is 0.499. The first kappa shape index (κ1) is 14.5. The highest BCUT2D eigenvalue weighted by Gasteiger charge is 2.53. The van der Waals surface area contributed by atoms with Gasteiger partial charge in [0.05, 0.1) is 19.0 Å². The third-order valence-electron chi connectivity index (χ3n) is 3.43. The molecule has 19 heavy (non-hydrogen) atoms. The van der Waals surface area contributed by atoms with Gasteiger partial charge in [-0.05, 0) is 6.42 Å². The van der Waals surface area contributed by atoms with E-state index in [4.69, 9.17) is 9.47 Å². The lowest BCUT2D eigenvalue weighted by atomic mass is 10.1. The molecule has 0 bridgehead atoms. The number of ether oxygens (including phenoxy) is 2. The molecule has 0 aromatic rings. The van der Waals surface area contributed by atoms with Crippen molar-refractivity contribution in [2.24, 2.45) is 0 Å². The Morgan fingerprint density at radius 2 is 2.00 bits per heavy atom. The van der Waals surface area contributed by atoms with Crippen molar-refractivity contribution in [3.8, 4) is 0 Å². The maximum atomic E-state index is 12.1. The Labute approximate surface area is 111 Å². The summed E-state index contributed by atoms with van der Waals surface area (Å²) in [5, 5.41) is 8.67. The van der Waals surface area contributed by atoms with E-state index in [9.17, 15) is 18.5 Å². The van der Waals surface area contributed by atoms with Crippen LogP contribution in [-0.2, 0) is 24.1 Å². The van der Waals surface area contributed by atoms with Crippen LogP contribution in [0, 0.1) is 10.1 Å². The van der Waals surface area contributed by atoms with Crippen molar-refractivity contribution in [3.63, 3.8) is 0 Å². The van der Waals surface area contributed by atoms with Crippen LogP contribution in [0.2, 0.25) is 0 Å². The molecular formula is C10H17NO7S. The number of fused-ring (bicyclic) bond motifs is 1. The van der Waals surface area contributed by atoms with Gasteiger partial charge in [0.2, 0.25) is 0 Å². The Morgan fingerprint density at radius 1 is 1.32 bits per heavy atom. The van der Waals surface area contributed by atoms with E-state index in [0.717, 1.165) is 6.42 Å². The van der Waals surface area contributed by atoms with Crippen LogP contribution in [0.1, 0.15) is 19.8 Å². The molecule has 4 atom stereocenters. The highest BCUT2D eigenvalue weighted by molar-refractivity contribution is 7.92. The Kier molecular flexibility index (Phi) is 4.26. The summed E-state index contributed by atoms with van der Waals surface area (Å²) in [7, 11) is -3.30. The van der Waals surface area contributed by atoms with Crippen LogP contribution in [0.25, 0.3) is 0 Å². The lowest BCUT2D eigenvalue weighted by Crippen LogP contribution is -2.38. The maximum absolute atomic E-state index is 12.1. The molecule has 2 aliphatic heterocycles. The molecule has 2 saturated heterocycles. The third-order valence-corrected chi connectivity index (χ3v) is 5.61. The smallest absolute Gasteiger partial charge is 0.294 e. The molecule has 0 N–H and O–H groups in total. The first-order valence-corrected chi connectivity index (χ1v) is 7.93. The first-order valence-electron chi connectivity index (χ1n) is 6.21. The molecule has 2 heterocycles. The summed E-state index contributed by atoms with van der Waals surface area (Å²) in [6.45, 7) is 1.91. The Balaban J connectivity index is 2.03. The van der Waals surface area contributed by atoms with Crippen molar-refractivity contribution >= 4 is 9.84 Å². The molecule has 8 nitrogen and oxygen atoms in total. The molecule has 2 rings (SSSR count). The zero-order chi connectivity index (χ0) is 14.0. The minimum Gasteiger partial charge on any atom is -0.372 e. The van der Waals surface area contributed by atoms with Crippen LogP contribution in [0.15, 0.2) is 0 Å². The van der Waals surface area contributed by atoms with Crippen molar-refractivity contribution in [1.29, 1.82) is 0 Å². The third kappa shape index (κ3) is 2.98. The van der Waals surface area contributed by atoms with Gasteiger partial charge in [-0.2, -0.15) is 0 Å². The van der Waals surface area contributed by atoms with Crippen LogP contribution in [0.3, 0.4) is 0 Å². The summed E-state index contributed by atoms with van der Waals surface area (Å²) in [5.41, 5.74) is 0. The van der Waals surface area contributed by atoms with E-state index < -0.39 is 38.5 Å². The van der Waals surface area contributed by atoms with Gasteiger partial charge >= 0.3 is 0 Å². The van der Waals surface area contributed by atoms with E-state index in [1.165, 1.54) is 0 Å². The molecule has 0 unspecified atom stereocenters. The molecule has 110 valence electrons. The number of unbranched alkanes of at least 4 members (excludes halogenated alkanes) is 1. The van der Waals surface area contributed by atoms with Gasteiger partial charge in [0.15, 0.2) is 15.9 Å². The fourth-order valence-corrected chi connectivity index (χ4v) is 4.36. The van der Waals surface area contributed by atoms with Gasteiger partial charge in [0, 0.05) is 0 Å². The molecule has 0 aromatic heterocycles. The van der Waals surface area contributed by atoms with E-state index in [0.29, 0.717) is 6.42 Å². The van der Waals surface area contributed by atoms with Crippen molar-refractivity contribution in [1.82, 2.24) is 0 Å². The van der Waals surface area contributed by atoms with Gasteiger partial charge in [0.25, 0.3) is 5.09 Å². The summed E-state index contributed by atoms with van der Waals surface area (Å²) >= 11 is 0. The zero-order valence-electron chi connectivity index (χ0n) is 10.6.